The first-order valence-electron chi connectivity index (χ1n) is 10.9. The summed E-state index contributed by atoms with van der Waals surface area (Å²) in [6.45, 7) is 3.95. The Kier molecular flexibility index (Phi) is 6.19. The Morgan fingerprint density at radius 1 is 1.18 bits per heavy atom. The predicted octanol–water partition coefficient (Wildman–Crippen LogP) is 5.81. The maximum Gasteiger partial charge on any atom is 0.418 e. The number of halogens is 3. The van der Waals surface area contributed by atoms with Crippen LogP contribution in [-0.4, -0.2) is 22.3 Å². The lowest BCUT2D eigenvalue weighted by Gasteiger charge is -2.17. The molecule has 8 heteroatoms. The molecule has 2 aromatic carbocycles. The van der Waals surface area contributed by atoms with Crippen LogP contribution in [0.5, 0.6) is 5.75 Å². The molecule has 0 radical (unpaired) electrons. The molecule has 0 atom stereocenters. The Balaban J connectivity index is 1.51. The fourth-order valence-electron chi connectivity index (χ4n) is 4.02. The second-order valence-corrected chi connectivity index (χ2v) is 8.58. The molecule has 1 aliphatic carbocycles. The molecular formula is C25H26F3N3O2. The lowest BCUT2D eigenvalue weighted by atomic mass is 10.0. The Bertz CT molecular complexity index is 1160. The SMILES string of the molecule is Cc1cc(OCCc2cnn(C)c2)cc(C)c1C(=O)Nc1cc(C2CC2)ccc1C(F)(F)F. The number of amides is 1. The molecule has 4 rings (SSSR count). The second-order valence-electron chi connectivity index (χ2n) is 8.58. The molecule has 5 nitrogen and oxygen atoms in total. The van der Waals surface area contributed by atoms with E-state index in [1.165, 1.54) is 12.1 Å². The number of aromatic nitrogens is 2. The van der Waals surface area contributed by atoms with Crippen molar-refractivity contribution in [1.29, 1.82) is 0 Å². The van der Waals surface area contributed by atoms with Gasteiger partial charge >= 0.3 is 6.18 Å². The molecule has 174 valence electrons. The average molecular weight is 457 g/mol. The van der Waals surface area contributed by atoms with E-state index in [4.69, 9.17) is 4.74 Å². The number of benzene rings is 2. The van der Waals surface area contributed by atoms with Crippen LogP contribution in [0.2, 0.25) is 0 Å². The normalized spacial score (nSPS) is 13.8. The van der Waals surface area contributed by atoms with Crippen LogP contribution in [0, 0.1) is 13.8 Å². The summed E-state index contributed by atoms with van der Waals surface area (Å²) < 4.78 is 48.1. The highest BCUT2D eigenvalue weighted by Crippen LogP contribution is 2.43. The van der Waals surface area contributed by atoms with E-state index in [0.717, 1.165) is 30.0 Å². The molecular weight excluding hydrogens is 431 g/mol. The van der Waals surface area contributed by atoms with Gasteiger partial charge in [-0.05, 0) is 79.1 Å². The number of anilines is 1. The van der Waals surface area contributed by atoms with Gasteiger partial charge in [0.05, 0.1) is 24.1 Å². The predicted molar refractivity (Wildman–Crippen MR) is 120 cm³/mol. The lowest BCUT2D eigenvalue weighted by molar-refractivity contribution is -0.136. The van der Waals surface area contributed by atoms with Crippen LogP contribution in [0.15, 0.2) is 42.7 Å². The standard InChI is InChI=1S/C25H26F3N3O2/c1-15-10-20(33-9-8-17-13-29-31(3)14-17)11-16(2)23(15)24(32)30-22-12-19(18-4-5-18)6-7-21(22)25(26,27)28/h6-7,10-14,18H,4-5,8-9H2,1-3H3,(H,30,32). The lowest BCUT2D eigenvalue weighted by Crippen LogP contribution is -2.19. The molecule has 1 amide bonds. The van der Waals surface area contributed by atoms with Crippen LogP contribution in [-0.2, 0) is 19.6 Å². The van der Waals surface area contributed by atoms with Crippen LogP contribution < -0.4 is 10.1 Å². The van der Waals surface area contributed by atoms with Crippen molar-refractivity contribution in [3.05, 3.63) is 76.1 Å². The van der Waals surface area contributed by atoms with E-state index in [1.54, 1.807) is 36.9 Å². The van der Waals surface area contributed by atoms with Crippen molar-refractivity contribution in [2.75, 3.05) is 11.9 Å². The maximum absolute atomic E-state index is 13.5. The number of aryl methyl sites for hydroxylation is 3. The molecule has 0 aliphatic heterocycles. The van der Waals surface area contributed by atoms with Gasteiger partial charge in [0, 0.05) is 25.2 Å². The van der Waals surface area contributed by atoms with E-state index < -0.39 is 17.6 Å². The number of nitrogens with one attached hydrogen (secondary N) is 1. The summed E-state index contributed by atoms with van der Waals surface area (Å²) in [5, 5.41) is 6.64. The highest BCUT2D eigenvalue weighted by Gasteiger charge is 2.35. The van der Waals surface area contributed by atoms with Crippen LogP contribution in [0.4, 0.5) is 18.9 Å². The minimum Gasteiger partial charge on any atom is -0.493 e. The smallest absolute Gasteiger partial charge is 0.418 e. The zero-order valence-electron chi connectivity index (χ0n) is 18.8. The first-order chi connectivity index (χ1) is 15.6. The van der Waals surface area contributed by atoms with Gasteiger partial charge in [0.15, 0.2) is 0 Å². The van der Waals surface area contributed by atoms with Crippen molar-refractivity contribution < 1.29 is 22.7 Å². The molecule has 1 saturated carbocycles. The molecule has 1 aromatic heterocycles. The van der Waals surface area contributed by atoms with Crippen molar-refractivity contribution in [3.8, 4) is 5.75 Å². The molecule has 0 unspecified atom stereocenters. The number of hydrogen-bond donors (Lipinski definition) is 1. The number of alkyl halides is 3. The van der Waals surface area contributed by atoms with Gasteiger partial charge in [-0.15, -0.1) is 0 Å². The highest BCUT2D eigenvalue weighted by atomic mass is 19.4. The maximum atomic E-state index is 13.5. The summed E-state index contributed by atoms with van der Waals surface area (Å²) in [4.78, 5) is 13.0. The van der Waals surface area contributed by atoms with Crippen molar-refractivity contribution in [3.63, 3.8) is 0 Å². The summed E-state index contributed by atoms with van der Waals surface area (Å²) in [7, 11) is 1.85. The third-order valence-electron chi connectivity index (χ3n) is 5.80. The van der Waals surface area contributed by atoms with Gasteiger partial charge in [0.1, 0.15) is 5.75 Å². The summed E-state index contributed by atoms with van der Waals surface area (Å²) >= 11 is 0. The Morgan fingerprint density at radius 3 is 2.45 bits per heavy atom. The quantitative estimate of drug-likeness (QED) is 0.487. The summed E-state index contributed by atoms with van der Waals surface area (Å²) in [5.41, 5.74) is 2.45. The van der Waals surface area contributed by atoms with Gasteiger partial charge in [0.2, 0.25) is 0 Å². The van der Waals surface area contributed by atoms with Crippen LogP contribution in [0.3, 0.4) is 0 Å². The monoisotopic (exact) mass is 457 g/mol. The molecule has 1 aliphatic rings. The van der Waals surface area contributed by atoms with Crippen LogP contribution in [0.25, 0.3) is 0 Å². The van der Waals surface area contributed by atoms with E-state index in [2.05, 4.69) is 10.4 Å². The Morgan fingerprint density at radius 2 is 1.88 bits per heavy atom. The third kappa shape index (κ3) is 5.38. The molecule has 1 N–H and O–H groups in total. The molecule has 1 fully saturated rings. The number of ether oxygens (including phenoxy) is 1. The van der Waals surface area contributed by atoms with Crippen molar-refractivity contribution in [2.24, 2.45) is 7.05 Å². The van der Waals surface area contributed by atoms with E-state index in [1.807, 2.05) is 13.2 Å². The Labute approximate surface area is 190 Å². The molecule has 1 heterocycles. The fourth-order valence-corrected chi connectivity index (χ4v) is 4.02. The summed E-state index contributed by atoms with van der Waals surface area (Å²) in [6, 6.07) is 7.48. The molecule has 0 saturated heterocycles. The molecule has 3 aromatic rings. The summed E-state index contributed by atoms with van der Waals surface area (Å²) in [6.07, 6.45) is 1.74. The van der Waals surface area contributed by atoms with Gasteiger partial charge < -0.3 is 10.1 Å². The second kappa shape index (κ2) is 8.92. The first kappa shape index (κ1) is 22.9. The minimum absolute atomic E-state index is 0.201. The number of carbonyl (C=O) groups is 1. The van der Waals surface area contributed by atoms with Gasteiger partial charge in [-0.25, -0.2) is 0 Å². The van der Waals surface area contributed by atoms with E-state index in [-0.39, 0.29) is 11.6 Å². The van der Waals surface area contributed by atoms with Gasteiger partial charge in [-0.1, -0.05) is 6.07 Å². The average Bonchev–Trinajstić information content (AvgIpc) is 3.49. The number of nitrogens with zero attached hydrogens (tertiary/aromatic N) is 2. The van der Waals surface area contributed by atoms with E-state index in [9.17, 15) is 18.0 Å². The van der Waals surface area contributed by atoms with E-state index in [0.29, 0.717) is 35.5 Å². The largest absolute Gasteiger partial charge is 0.493 e. The third-order valence-corrected chi connectivity index (χ3v) is 5.80. The highest BCUT2D eigenvalue weighted by molar-refractivity contribution is 6.06. The summed E-state index contributed by atoms with van der Waals surface area (Å²) in [5.74, 6) is 0.317. The number of hydrogen-bond acceptors (Lipinski definition) is 3. The van der Waals surface area contributed by atoms with Crippen LogP contribution >= 0.6 is 0 Å². The van der Waals surface area contributed by atoms with Gasteiger partial charge in [0.25, 0.3) is 5.91 Å². The van der Waals surface area contributed by atoms with Crippen molar-refractivity contribution in [2.45, 2.75) is 45.2 Å². The van der Waals surface area contributed by atoms with Crippen LogP contribution in [0.1, 0.15) is 56.9 Å². The van der Waals surface area contributed by atoms with Crippen molar-refractivity contribution >= 4 is 11.6 Å². The topological polar surface area (TPSA) is 56.2 Å². The van der Waals surface area contributed by atoms with Gasteiger partial charge in [-0.2, -0.15) is 18.3 Å². The fraction of sp³-hybridized carbons (Fsp3) is 0.360. The molecule has 0 bridgehead atoms. The van der Waals surface area contributed by atoms with Crippen molar-refractivity contribution in [1.82, 2.24) is 9.78 Å². The first-order valence-corrected chi connectivity index (χ1v) is 10.9. The van der Waals surface area contributed by atoms with E-state index >= 15 is 0 Å². The number of carbonyl (C=O) groups excluding carboxylic acids is 1. The molecule has 0 spiro atoms. The molecule has 33 heavy (non-hydrogen) atoms. The zero-order chi connectivity index (χ0) is 23.8. The zero-order valence-corrected chi connectivity index (χ0v) is 18.8. The Hall–Kier alpha value is -3.29. The minimum atomic E-state index is -4.55. The van der Waals surface area contributed by atoms with Gasteiger partial charge in [-0.3, -0.25) is 9.48 Å². The number of rotatable bonds is 7.